The molecule has 0 radical (unpaired) electrons. The molecule has 1 aromatic rings. The van der Waals surface area contributed by atoms with Crippen LogP contribution in [-0.2, 0) is 19.4 Å². The third-order valence-electron chi connectivity index (χ3n) is 5.25. The number of hydrogen-bond donors (Lipinski definition) is 1. The second kappa shape index (κ2) is 7.77. The van der Waals surface area contributed by atoms with Gasteiger partial charge in [-0.3, -0.25) is 0 Å². The van der Waals surface area contributed by atoms with Crippen molar-refractivity contribution in [1.29, 1.82) is 0 Å². The fourth-order valence-corrected chi connectivity index (χ4v) is 4.06. The van der Waals surface area contributed by atoms with E-state index in [2.05, 4.69) is 22.0 Å². The van der Waals surface area contributed by atoms with Crippen LogP contribution >= 0.6 is 0 Å². The first kappa shape index (κ1) is 16.9. The summed E-state index contributed by atoms with van der Waals surface area (Å²) < 4.78 is 5.52. The van der Waals surface area contributed by atoms with Crippen molar-refractivity contribution in [2.24, 2.45) is 5.92 Å². The third kappa shape index (κ3) is 4.55. The molecule has 1 fully saturated rings. The van der Waals surface area contributed by atoms with Gasteiger partial charge in [-0.1, -0.05) is 5.16 Å². The molecule has 0 saturated carbocycles. The van der Waals surface area contributed by atoms with Crippen LogP contribution in [0.3, 0.4) is 0 Å². The first-order valence-corrected chi connectivity index (χ1v) is 9.17. The molecule has 3 rings (SSSR count). The fraction of sp³-hybridized carbons (Fsp3) is 0.833. The van der Waals surface area contributed by atoms with Crippen molar-refractivity contribution in [1.82, 2.24) is 15.0 Å². The minimum Gasteiger partial charge on any atom is -0.392 e. The van der Waals surface area contributed by atoms with Crippen LogP contribution < -0.4 is 0 Å². The van der Waals surface area contributed by atoms with Crippen LogP contribution in [0.5, 0.6) is 0 Å². The number of aliphatic hydroxyl groups excluding tert-OH is 1. The Kier molecular flexibility index (Phi) is 5.72. The van der Waals surface area contributed by atoms with E-state index in [0.29, 0.717) is 0 Å². The number of aromatic nitrogens is 1. The highest BCUT2D eigenvalue weighted by Crippen LogP contribution is 2.25. The summed E-state index contributed by atoms with van der Waals surface area (Å²) in [6.45, 7) is 6.95. The Bertz CT molecular complexity index is 492. The van der Waals surface area contributed by atoms with Gasteiger partial charge >= 0.3 is 0 Å². The van der Waals surface area contributed by atoms with Crippen molar-refractivity contribution in [2.45, 2.75) is 58.1 Å². The molecule has 1 saturated heterocycles. The number of likely N-dealkylation sites (tertiary alicyclic amines) is 1. The summed E-state index contributed by atoms with van der Waals surface area (Å²) in [5, 5.41) is 13.8. The number of rotatable bonds is 6. The van der Waals surface area contributed by atoms with Gasteiger partial charge in [-0.15, -0.1) is 0 Å². The van der Waals surface area contributed by atoms with E-state index in [0.717, 1.165) is 62.9 Å². The zero-order valence-corrected chi connectivity index (χ0v) is 14.6. The molecule has 1 aliphatic carbocycles. The van der Waals surface area contributed by atoms with Gasteiger partial charge in [0.25, 0.3) is 0 Å². The van der Waals surface area contributed by atoms with Crippen LogP contribution in [0.1, 0.15) is 49.6 Å². The van der Waals surface area contributed by atoms with Crippen molar-refractivity contribution < 1.29 is 9.63 Å². The Morgan fingerprint density at radius 3 is 2.78 bits per heavy atom. The molecule has 1 N–H and O–H groups in total. The number of aryl methyl sites for hydroxylation is 1. The van der Waals surface area contributed by atoms with E-state index in [1.807, 2.05) is 6.92 Å². The average molecular weight is 321 g/mol. The van der Waals surface area contributed by atoms with Crippen molar-refractivity contribution in [2.75, 3.05) is 33.2 Å². The van der Waals surface area contributed by atoms with E-state index in [4.69, 9.17) is 4.52 Å². The van der Waals surface area contributed by atoms with Gasteiger partial charge in [0.2, 0.25) is 0 Å². The minimum absolute atomic E-state index is 0.215. The Morgan fingerprint density at radius 1 is 1.30 bits per heavy atom. The SMILES string of the molecule is CC(O)CN1CCC(CN(C)Cc2noc3c2CCCC3)CC1. The van der Waals surface area contributed by atoms with Gasteiger partial charge in [0.1, 0.15) is 11.5 Å². The monoisotopic (exact) mass is 321 g/mol. The summed E-state index contributed by atoms with van der Waals surface area (Å²) in [6, 6.07) is 0. The molecule has 130 valence electrons. The molecule has 0 bridgehead atoms. The van der Waals surface area contributed by atoms with E-state index in [1.165, 1.54) is 31.2 Å². The van der Waals surface area contributed by atoms with E-state index >= 15 is 0 Å². The van der Waals surface area contributed by atoms with Gasteiger partial charge in [0.05, 0.1) is 6.10 Å². The molecule has 1 unspecified atom stereocenters. The number of hydrogen-bond acceptors (Lipinski definition) is 5. The zero-order valence-electron chi connectivity index (χ0n) is 14.6. The molecule has 1 atom stereocenters. The summed E-state index contributed by atoms with van der Waals surface area (Å²) >= 11 is 0. The second-order valence-electron chi connectivity index (χ2n) is 7.53. The zero-order chi connectivity index (χ0) is 16.2. The molecule has 1 aromatic heterocycles. The summed E-state index contributed by atoms with van der Waals surface area (Å²) in [6.07, 6.45) is 6.96. The van der Waals surface area contributed by atoms with Crippen molar-refractivity contribution in [3.05, 3.63) is 17.0 Å². The Morgan fingerprint density at radius 2 is 2.04 bits per heavy atom. The first-order valence-electron chi connectivity index (χ1n) is 9.17. The van der Waals surface area contributed by atoms with Gasteiger partial charge in [-0.25, -0.2) is 0 Å². The number of fused-ring (bicyclic) bond motifs is 1. The highest BCUT2D eigenvalue weighted by atomic mass is 16.5. The van der Waals surface area contributed by atoms with Gasteiger partial charge in [-0.2, -0.15) is 0 Å². The normalized spacial score (nSPS) is 21.6. The summed E-state index contributed by atoms with van der Waals surface area (Å²) in [5.74, 6) is 1.89. The highest BCUT2D eigenvalue weighted by Gasteiger charge is 2.23. The standard InChI is InChI=1S/C18H31N3O2/c1-14(22)11-21-9-7-15(8-10-21)12-20(2)13-17-16-5-3-4-6-18(16)23-19-17/h14-15,22H,3-13H2,1-2H3. The average Bonchev–Trinajstić information content (AvgIpc) is 2.92. The van der Waals surface area contributed by atoms with E-state index in [9.17, 15) is 5.11 Å². The van der Waals surface area contributed by atoms with Gasteiger partial charge in [0.15, 0.2) is 0 Å². The molecule has 1 aliphatic heterocycles. The number of nitrogens with zero attached hydrogens (tertiary/aromatic N) is 3. The number of piperidine rings is 1. The molecule has 5 heteroatoms. The van der Waals surface area contributed by atoms with E-state index in [1.54, 1.807) is 0 Å². The maximum atomic E-state index is 9.49. The number of β-amino-alcohol motifs (C(OH)–C–C–N with tert-alkyl or cyclic N) is 1. The lowest BCUT2D eigenvalue weighted by Gasteiger charge is -2.34. The molecule has 0 aromatic carbocycles. The maximum absolute atomic E-state index is 9.49. The van der Waals surface area contributed by atoms with Crippen molar-refractivity contribution in [3.63, 3.8) is 0 Å². The molecular formula is C18H31N3O2. The van der Waals surface area contributed by atoms with Crippen LogP contribution in [0.4, 0.5) is 0 Å². The van der Waals surface area contributed by atoms with Crippen LogP contribution in [0.15, 0.2) is 4.52 Å². The highest BCUT2D eigenvalue weighted by molar-refractivity contribution is 5.25. The fourth-order valence-electron chi connectivity index (χ4n) is 4.06. The lowest BCUT2D eigenvalue weighted by molar-refractivity contribution is 0.0917. The number of aliphatic hydroxyl groups is 1. The lowest BCUT2D eigenvalue weighted by Crippen LogP contribution is -2.40. The van der Waals surface area contributed by atoms with Crippen LogP contribution in [0, 0.1) is 5.92 Å². The van der Waals surface area contributed by atoms with Crippen LogP contribution in [-0.4, -0.2) is 59.4 Å². The predicted molar refractivity (Wildman–Crippen MR) is 90.3 cm³/mol. The minimum atomic E-state index is -0.215. The smallest absolute Gasteiger partial charge is 0.140 e. The summed E-state index contributed by atoms with van der Waals surface area (Å²) in [4.78, 5) is 4.79. The molecule has 0 spiro atoms. The van der Waals surface area contributed by atoms with Gasteiger partial charge in [-0.05, 0) is 65.1 Å². The summed E-state index contributed by atoms with van der Waals surface area (Å²) in [7, 11) is 2.20. The summed E-state index contributed by atoms with van der Waals surface area (Å²) in [5.41, 5.74) is 2.54. The molecule has 2 heterocycles. The van der Waals surface area contributed by atoms with Crippen LogP contribution in [0.25, 0.3) is 0 Å². The van der Waals surface area contributed by atoms with Gasteiger partial charge in [0, 0.05) is 31.6 Å². The van der Waals surface area contributed by atoms with E-state index in [-0.39, 0.29) is 6.10 Å². The molecule has 23 heavy (non-hydrogen) atoms. The Balaban J connectivity index is 1.45. The largest absolute Gasteiger partial charge is 0.392 e. The van der Waals surface area contributed by atoms with Crippen molar-refractivity contribution >= 4 is 0 Å². The first-order chi connectivity index (χ1) is 11.1. The second-order valence-corrected chi connectivity index (χ2v) is 7.53. The molecule has 2 aliphatic rings. The quantitative estimate of drug-likeness (QED) is 0.869. The molecule has 5 nitrogen and oxygen atoms in total. The molecule has 0 amide bonds. The maximum Gasteiger partial charge on any atom is 0.140 e. The van der Waals surface area contributed by atoms with Gasteiger partial charge < -0.3 is 19.4 Å². The Labute approximate surface area is 139 Å². The van der Waals surface area contributed by atoms with Crippen LogP contribution in [0.2, 0.25) is 0 Å². The lowest BCUT2D eigenvalue weighted by atomic mass is 9.95. The third-order valence-corrected chi connectivity index (χ3v) is 5.25. The van der Waals surface area contributed by atoms with Crippen molar-refractivity contribution in [3.8, 4) is 0 Å². The van der Waals surface area contributed by atoms with E-state index < -0.39 is 0 Å². The molecular weight excluding hydrogens is 290 g/mol. The topological polar surface area (TPSA) is 52.7 Å². The predicted octanol–water partition coefficient (Wildman–Crippen LogP) is 2.08. The Hall–Kier alpha value is -0.910.